The first-order chi connectivity index (χ1) is 10.2. The molecule has 0 amide bonds. The molecule has 0 spiro atoms. The maximum atomic E-state index is 12.8. The monoisotopic (exact) mass is 278 g/mol. The van der Waals surface area contributed by atoms with Crippen molar-refractivity contribution in [3.63, 3.8) is 0 Å². The normalized spacial score (nSPS) is 11.1. The summed E-state index contributed by atoms with van der Waals surface area (Å²) in [6.45, 7) is 7.68. The molecule has 0 fully saturated rings. The molecule has 2 radical (unpaired) electrons. The molecule has 21 heavy (non-hydrogen) atoms. The fraction of sp³-hybridized carbons (Fsp3) is 0.158. The quantitative estimate of drug-likeness (QED) is 0.586. The number of hydrogen-bond acceptors (Lipinski definition) is 2. The van der Waals surface area contributed by atoms with Crippen LogP contribution in [0, 0.1) is 19.3 Å². The van der Waals surface area contributed by atoms with E-state index in [1.54, 1.807) is 48.5 Å². The second kappa shape index (κ2) is 6.49. The third kappa shape index (κ3) is 2.80. The first kappa shape index (κ1) is 15.2. The van der Waals surface area contributed by atoms with Crippen LogP contribution in [0.25, 0.3) is 0 Å². The van der Waals surface area contributed by atoms with Gasteiger partial charge in [0.2, 0.25) is 0 Å². The number of benzene rings is 2. The molecule has 2 rings (SSSR count). The number of hydrogen-bond donors (Lipinski definition) is 0. The minimum atomic E-state index is -1.19. The molecule has 0 aliphatic heterocycles. The van der Waals surface area contributed by atoms with Crippen LogP contribution in [0.4, 0.5) is 0 Å². The summed E-state index contributed by atoms with van der Waals surface area (Å²) in [7, 11) is 0. The lowest BCUT2D eigenvalue weighted by Gasteiger charge is -2.28. The molecule has 0 N–H and O–H groups in total. The van der Waals surface area contributed by atoms with E-state index >= 15 is 0 Å². The van der Waals surface area contributed by atoms with E-state index in [-0.39, 0.29) is 24.4 Å². The molecule has 2 aromatic rings. The summed E-state index contributed by atoms with van der Waals surface area (Å²) in [4.78, 5) is 25.7. The molecule has 106 valence electrons. The van der Waals surface area contributed by atoms with Crippen molar-refractivity contribution in [2.75, 3.05) is 0 Å². The first-order valence-electron chi connectivity index (χ1n) is 6.94. The van der Waals surface area contributed by atoms with Gasteiger partial charge in [0.15, 0.2) is 11.6 Å². The van der Waals surface area contributed by atoms with E-state index in [9.17, 15) is 9.59 Å². The average Bonchev–Trinajstić information content (AvgIpc) is 2.57. The zero-order valence-electron chi connectivity index (χ0n) is 11.9. The lowest BCUT2D eigenvalue weighted by Crippen LogP contribution is -2.38. The van der Waals surface area contributed by atoms with Crippen LogP contribution in [0.2, 0.25) is 0 Å². The molecule has 0 bridgehead atoms. The van der Waals surface area contributed by atoms with E-state index in [1.165, 1.54) is 0 Å². The third-order valence-electron chi connectivity index (χ3n) is 3.79. The summed E-state index contributed by atoms with van der Waals surface area (Å²) < 4.78 is 0. The van der Waals surface area contributed by atoms with E-state index in [2.05, 4.69) is 13.8 Å². The van der Waals surface area contributed by atoms with E-state index in [1.807, 2.05) is 12.1 Å². The van der Waals surface area contributed by atoms with Gasteiger partial charge < -0.3 is 0 Å². The highest BCUT2D eigenvalue weighted by Gasteiger charge is 2.42. The van der Waals surface area contributed by atoms with Crippen molar-refractivity contribution in [2.24, 2.45) is 5.41 Å². The molecular formula is C19H18O2. The van der Waals surface area contributed by atoms with Crippen molar-refractivity contribution in [2.45, 2.75) is 12.8 Å². The van der Waals surface area contributed by atoms with Gasteiger partial charge in [0.1, 0.15) is 0 Å². The zero-order valence-corrected chi connectivity index (χ0v) is 11.9. The Kier molecular flexibility index (Phi) is 4.69. The Morgan fingerprint density at radius 1 is 0.714 bits per heavy atom. The molecule has 0 unspecified atom stereocenters. The molecule has 0 saturated heterocycles. The highest BCUT2D eigenvalue weighted by atomic mass is 16.2. The average molecular weight is 278 g/mol. The van der Waals surface area contributed by atoms with Gasteiger partial charge in [-0.2, -0.15) is 0 Å². The summed E-state index contributed by atoms with van der Waals surface area (Å²) >= 11 is 0. The zero-order chi connectivity index (χ0) is 15.3. The van der Waals surface area contributed by atoms with Gasteiger partial charge in [0, 0.05) is 11.1 Å². The molecule has 0 aliphatic rings. The van der Waals surface area contributed by atoms with Gasteiger partial charge in [0.25, 0.3) is 0 Å². The van der Waals surface area contributed by atoms with E-state index in [0.717, 1.165) is 0 Å². The number of rotatable bonds is 6. The van der Waals surface area contributed by atoms with Gasteiger partial charge in [0.05, 0.1) is 5.41 Å². The Bertz CT molecular complexity index is 557. The Balaban J connectivity index is 2.46. The smallest absolute Gasteiger partial charge is 0.176 e. The Morgan fingerprint density at radius 3 is 1.33 bits per heavy atom. The largest absolute Gasteiger partial charge is 0.293 e. The van der Waals surface area contributed by atoms with Crippen molar-refractivity contribution >= 4 is 11.6 Å². The fourth-order valence-electron chi connectivity index (χ4n) is 2.41. The molecule has 2 nitrogen and oxygen atoms in total. The van der Waals surface area contributed by atoms with Crippen molar-refractivity contribution in [3.05, 3.63) is 85.6 Å². The molecule has 2 heteroatoms. The Hall–Kier alpha value is -2.22. The SMILES string of the molecule is [CH2]CC(C[CH2])(C(=O)c1ccccc1)C(=O)c1ccccc1. The predicted molar refractivity (Wildman–Crippen MR) is 83.9 cm³/mol. The van der Waals surface area contributed by atoms with Crippen molar-refractivity contribution in [3.8, 4) is 0 Å². The Labute approximate surface area is 125 Å². The Morgan fingerprint density at radius 2 is 1.05 bits per heavy atom. The predicted octanol–water partition coefficient (Wildman–Crippen LogP) is 4.19. The van der Waals surface area contributed by atoms with Crippen LogP contribution in [0.3, 0.4) is 0 Å². The standard InChI is InChI=1S/C19H18O2/c1-3-19(4-2,17(20)15-11-7-5-8-12-15)18(21)16-13-9-6-10-14-16/h5-14H,1-4H2. The van der Waals surface area contributed by atoms with Crippen molar-refractivity contribution in [1.82, 2.24) is 0 Å². The lowest BCUT2D eigenvalue weighted by molar-refractivity contribution is 0.0665. The molecule has 0 aliphatic carbocycles. The van der Waals surface area contributed by atoms with E-state index in [0.29, 0.717) is 11.1 Å². The summed E-state index contributed by atoms with van der Waals surface area (Å²) in [5, 5.41) is 0. The van der Waals surface area contributed by atoms with Crippen LogP contribution in [0.1, 0.15) is 33.6 Å². The van der Waals surface area contributed by atoms with Gasteiger partial charge in [-0.05, 0) is 12.8 Å². The topological polar surface area (TPSA) is 34.1 Å². The van der Waals surface area contributed by atoms with Crippen LogP contribution in [-0.2, 0) is 0 Å². The number of Topliss-reactive ketones (excluding diaryl/α,β-unsaturated/α-hetero) is 2. The summed E-state index contributed by atoms with van der Waals surface area (Å²) in [5.41, 5.74) is -0.147. The second-order valence-corrected chi connectivity index (χ2v) is 4.97. The summed E-state index contributed by atoms with van der Waals surface area (Å²) in [6.07, 6.45) is 0.385. The fourth-order valence-corrected chi connectivity index (χ4v) is 2.41. The van der Waals surface area contributed by atoms with Crippen LogP contribution in [0.15, 0.2) is 60.7 Å². The first-order valence-corrected chi connectivity index (χ1v) is 6.94. The molecule has 0 saturated carbocycles. The van der Waals surface area contributed by atoms with Crippen LogP contribution >= 0.6 is 0 Å². The van der Waals surface area contributed by atoms with Gasteiger partial charge in [-0.25, -0.2) is 0 Å². The van der Waals surface area contributed by atoms with Gasteiger partial charge in [-0.15, -0.1) is 0 Å². The third-order valence-corrected chi connectivity index (χ3v) is 3.79. The minimum absolute atomic E-state index is 0.192. The molecular weight excluding hydrogens is 260 g/mol. The van der Waals surface area contributed by atoms with Crippen molar-refractivity contribution in [1.29, 1.82) is 0 Å². The van der Waals surface area contributed by atoms with Crippen LogP contribution < -0.4 is 0 Å². The number of ketones is 2. The maximum Gasteiger partial charge on any atom is 0.176 e. The second-order valence-electron chi connectivity index (χ2n) is 4.97. The number of carbonyl (C=O) groups is 2. The molecule has 2 aromatic carbocycles. The van der Waals surface area contributed by atoms with Gasteiger partial charge in [-0.1, -0.05) is 74.5 Å². The van der Waals surface area contributed by atoms with E-state index in [4.69, 9.17) is 0 Å². The minimum Gasteiger partial charge on any atom is -0.293 e. The lowest BCUT2D eigenvalue weighted by atomic mass is 9.70. The summed E-state index contributed by atoms with van der Waals surface area (Å²) in [5.74, 6) is -0.413. The van der Waals surface area contributed by atoms with Crippen LogP contribution in [0.5, 0.6) is 0 Å². The number of carbonyl (C=O) groups excluding carboxylic acids is 2. The van der Waals surface area contributed by atoms with Crippen molar-refractivity contribution < 1.29 is 9.59 Å². The van der Waals surface area contributed by atoms with Gasteiger partial charge >= 0.3 is 0 Å². The molecule has 0 atom stereocenters. The summed E-state index contributed by atoms with van der Waals surface area (Å²) in [6, 6.07) is 17.7. The van der Waals surface area contributed by atoms with E-state index < -0.39 is 5.41 Å². The maximum absolute atomic E-state index is 12.8. The highest BCUT2D eigenvalue weighted by molar-refractivity contribution is 6.19. The van der Waals surface area contributed by atoms with Crippen LogP contribution in [-0.4, -0.2) is 11.6 Å². The highest BCUT2D eigenvalue weighted by Crippen LogP contribution is 2.34. The molecule has 0 heterocycles. The van der Waals surface area contributed by atoms with Gasteiger partial charge in [-0.3, -0.25) is 9.59 Å². The molecule has 0 aromatic heterocycles.